The Labute approximate surface area is 123 Å². The van der Waals surface area contributed by atoms with Gasteiger partial charge in [-0.1, -0.05) is 30.7 Å². The smallest absolute Gasteiger partial charge is 0.226 e. The van der Waals surface area contributed by atoms with E-state index in [4.69, 9.17) is 21.1 Å². The second kappa shape index (κ2) is 7.22. The van der Waals surface area contributed by atoms with Crippen LogP contribution in [0.2, 0.25) is 5.15 Å². The van der Waals surface area contributed by atoms with Crippen LogP contribution < -0.4 is 4.74 Å². The highest BCUT2D eigenvalue weighted by Gasteiger charge is 2.10. The first kappa shape index (κ1) is 14.8. The minimum Gasteiger partial charge on any atom is -0.439 e. The minimum atomic E-state index is 0.439. The Morgan fingerprint density at radius 2 is 1.90 bits per heavy atom. The van der Waals surface area contributed by atoms with Crippen LogP contribution in [0.1, 0.15) is 18.1 Å². The molecule has 2 aromatic rings. The fourth-order valence-electron chi connectivity index (χ4n) is 1.82. The Kier molecular flexibility index (Phi) is 5.32. The van der Waals surface area contributed by atoms with E-state index in [0.29, 0.717) is 17.6 Å². The molecule has 0 N–H and O–H groups in total. The van der Waals surface area contributed by atoms with E-state index in [-0.39, 0.29) is 0 Å². The minimum absolute atomic E-state index is 0.439. The summed E-state index contributed by atoms with van der Waals surface area (Å²) in [6.07, 6.45) is 3.01. The van der Waals surface area contributed by atoms with Gasteiger partial charge in [0.2, 0.25) is 5.88 Å². The average Bonchev–Trinajstić information content (AvgIpc) is 2.47. The lowest BCUT2D eigenvalue weighted by Gasteiger charge is -2.09. The van der Waals surface area contributed by atoms with Gasteiger partial charge in [-0.3, -0.25) is 0 Å². The van der Waals surface area contributed by atoms with Crippen LogP contribution in [0.3, 0.4) is 0 Å². The maximum absolute atomic E-state index is 6.03. The predicted octanol–water partition coefficient (Wildman–Crippen LogP) is 3.67. The monoisotopic (exact) mass is 292 g/mol. The standard InChI is InChI=1S/C15H17ClN2O2/c1-3-13-14(16)17-10-18-15(13)20-12-6-4-11(5-7-12)8-9-19-2/h4-7,10H,3,8-9H2,1-2H3. The van der Waals surface area contributed by atoms with Crippen molar-refractivity contribution in [3.05, 3.63) is 46.9 Å². The zero-order valence-electron chi connectivity index (χ0n) is 11.6. The van der Waals surface area contributed by atoms with Gasteiger partial charge in [0.05, 0.1) is 12.2 Å². The summed E-state index contributed by atoms with van der Waals surface area (Å²) < 4.78 is 10.8. The van der Waals surface area contributed by atoms with Crippen LogP contribution in [-0.2, 0) is 17.6 Å². The summed E-state index contributed by atoms with van der Waals surface area (Å²) in [5, 5.41) is 0.439. The largest absolute Gasteiger partial charge is 0.439 e. The molecule has 1 aromatic carbocycles. The number of methoxy groups -OCH3 is 1. The van der Waals surface area contributed by atoms with Crippen molar-refractivity contribution in [1.29, 1.82) is 0 Å². The SMILES string of the molecule is CCc1c(Cl)ncnc1Oc1ccc(CCOC)cc1. The maximum Gasteiger partial charge on any atom is 0.226 e. The van der Waals surface area contributed by atoms with Crippen LogP contribution in [0.4, 0.5) is 0 Å². The van der Waals surface area contributed by atoms with Gasteiger partial charge >= 0.3 is 0 Å². The lowest BCUT2D eigenvalue weighted by atomic mass is 10.1. The Morgan fingerprint density at radius 3 is 2.55 bits per heavy atom. The molecule has 0 unspecified atom stereocenters. The van der Waals surface area contributed by atoms with Gasteiger partial charge < -0.3 is 9.47 Å². The highest BCUT2D eigenvalue weighted by Crippen LogP contribution is 2.27. The highest BCUT2D eigenvalue weighted by atomic mass is 35.5. The third kappa shape index (κ3) is 3.68. The number of ether oxygens (including phenoxy) is 2. The molecule has 0 saturated carbocycles. The fraction of sp³-hybridized carbons (Fsp3) is 0.333. The van der Waals surface area contributed by atoms with Gasteiger partial charge in [-0.05, 0) is 30.5 Å². The van der Waals surface area contributed by atoms with Crippen molar-refractivity contribution in [1.82, 2.24) is 9.97 Å². The molecule has 0 aliphatic rings. The molecule has 1 aromatic heterocycles. The van der Waals surface area contributed by atoms with E-state index in [2.05, 4.69) is 9.97 Å². The van der Waals surface area contributed by atoms with E-state index in [9.17, 15) is 0 Å². The zero-order chi connectivity index (χ0) is 14.4. The first-order valence-electron chi connectivity index (χ1n) is 6.49. The molecule has 106 valence electrons. The molecule has 0 aliphatic carbocycles. The fourth-order valence-corrected chi connectivity index (χ4v) is 2.07. The first-order valence-corrected chi connectivity index (χ1v) is 6.87. The van der Waals surface area contributed by atoms with Gasteiger partial charge in [-0.25, -0.2) is 9.97 Å². The second-order valence-corrected chi connectivity index (χ2v) is 4.65. The van der Waals surface area contributed by atoms with Gasteiger partial charge in [0, 0.05) is 7.11 Å². The molecule has 0 radical (unpaired) electrons. The summed E-state index contributed by atoms with van der Waals surface area (Å²) in [6.45, 7) is 2.70. The van der Waals surface area contributed by atoms with Crippen molar-refractivity contribution in [2.75, 3.05) is 13.7 Å². The number of halogens is 1. The van der Waals surface area contributed by atoms with Crippen LogP contribution >= 0.6 is 11.6 Å². The molecule has 0 atom stereocenters. The highest BCUT2D eigenvalue weighted by molar-refractivity contribution is 6.30. The van der Waals surface area contributed by atoms with Crippen LogP contribution in [-0.4, -0.2) is 23.7 Å². The third-order valence-electron chi connectivity index (χ3n) is 2.94. The molecule has 0 aliphatic heterocycles. The van der Waals surface area contributed by atoms with E-state index in [0.717, 1.165) is 24.2 Å². The molecular weight excluding hydrogens is 276 g/mol. The zero-order valence-corrected chi connectivity index (χ0v) is 12.4. The summed E-state index contributed by atoms with van der Waals surface area (Å²) in [7, 11) is 1.70. The van der Waals surface area contributed by atoms with Crippen molar-refractivity contribution in [3.8, 4) is 11.6 Å². The molecule has 0 saturated heterocycles. The Bertz CT molecular complexity index is 558. The van der Waals surface area contributed by atoms with Crippen molar-refractivity contribution >= 4 is 11.6 Å². The van der Waals surface area contributed by atoms with Crippen molar-refractivity contribution in [2.24, 2.45) is 0 Å². The summed E-state index contributed by atoms with van der Waals surface area (Å²) in [6, 6.07) is 7.87. The van der Waals surface area contributed by atoms with E-state index in [1.165, 1.54) is 11.9 Å². The number of hydrogen-bond acceptors (Lipinski definition) is 4. The number of rotatable bonds is 6. The van der Waals surface area contributed by atoms with Crippen molar-refractivity contribution in [3.63, 3.8) is 0 Å². The first-order chi connectivity index (χ1) is 9.74. The Balaban J connectivity index is 2.12. The van der Waals surface area contributed by atoms with Gasteiger partial charge in [0.1, 0.15) is 17.2 Å². The Morgan fingerprint density at radius 1 is 1.15 bits per heavy atom. The maximum atomic E-state index is 6.03. The van der Waals surface area contributed by atoms with E-state index in [1.54, 1.807) is 7.11 Å². The molecular formula is C15H17ClN2O2. The van der Waals surface area contributed by atoms with Gasteiger partial charge in [-0.2, -0.15) is 0 Å². The van der Waals surface area contributed by atoms with Crippen molar-refractivity contribution < 1.29 is 9.47 Å². The van der Waals surface area contributed by atoms with Gasteiger partial charge in [-0.15, -0.1) is 0 Å². The molecule has 2 rings (SSSR count). The van der Waals surface area contributed by atoms with Gasteiger partial charge in [0.25, 0.3) is 0 Å². The predicted molar refractivity (Wildman–Crippen MR) is 78.5 cm³/mol. The lowest BCUT2D eigenvalue weighted by Crippen LogP contribution is -1.97. The number of hydrogen-bond donors (Lipinski definition) is 0. The molecule has 0 fully saturated rings. The molecule has 0 spiro atoms. The molecule has 4 nitrogen and oxygen atoms in total. The quantitative estimate of drug-likeness (QED) is 0.762. The summed E-state index contributed by atoms with van der Waals surface area (Å²) in [5.74, 6) is 1.24. The van der Waals surface area contributed by atoms with Crippen LogP contribution in [0, 0.1) is 0 Å². The van der Waals surface area contributed by atoms with Crippen LogP contribution in [0.25, 0.3) is 0 Å². The summed E-state index contributed by atoms with van der Waals surface area (Å²) >= 11 is 6.03. The summed E-state index contributed by atoms with van der Waals surface area (Å²) in [4.78, 5) is 8.10. The molecule has 20 heavy (non-hydrogen) atoms. The molecule has 5 heteroatoms. The third-order valence-corrected chi connectivity index (χ3v) is 3.27. The second-order valence-electron chi connectivity index (χ2n) is 4.29. The Hall–Kier alpha value is -1.65. The number of nitrogens with zero attached hydrogens (tertiary/aromatic N) is 2. The number of benzene rings is 1. The molecule has 1 heterocycles. The van der Waals surface area contributed by atoms with Crippen LogP contribution in [0.15, 0.2) is 30.6 Å². The lowest BCUT2D eigenvalue weighted by molar-refractivity contribution is 0.202. The molecule has 0 bridgehead atoms. The van der Waals surface area contributed by atoms with E-state index in [1.807, 2.05) is 31.2 Å². The average molecular weight is 293 g/mol. The number of aromatic nitrogens is 2. The summed E-state index contributed by atoms with van der Waals surface area (Å²) in [5.41, 5.74) is 2.02. The van der Waals surface area contributed by atoms with E-state index < -0.39 is 0 Å². The molecule has 0 amide bonds. The topological polar surface area (TPSA) is 44.2 Å². The van der Waals surface area contributed by atoms with Crippen molar-refractivity contribution in [2.45, 2.75) is 19.8 Å². The van der Waals surface area contributed by atoms with Crippen LogP contribution in [0.5, 0.6) is 11.6 Å². The van der Waals surface area contributed by atoms with E-state index >= 15 is 0 Å². The van der Waals surface area contributed by atoms with Gasteiger partial charge in [0.15, 0.2) is 0 Å². The normalized spacial score (nSPS) is 10.6.